The third-order valence-corrected chi connectivity index (χ3v) is 3.19. The van der Waals surface area contributed by atoms with Crippen LogP contribution in [0.1, 0.15) is 5.56 Å². The number of ether oxygens (including phenoxy) is 2. The summed E-state index contributed by atoms with van der Waals surface area (Å²) in [6, 6.07) is 10.7. The van der Waals surface area contributed by atoms with E-state index < -0.39 is 13.2 Å². The lowest BCUT2D eigenvalue weighted by atomic mass is 10.2. The Morgan fingerprint density at radius 2 is 1.81 bits per heavy atom. The molecule has 3 rings (SSSR count). The van der Waals surface area contributed by atoms with Crippen molar-refractivity contribution in [2.75, 3.05) is 5.43 Å². The zero-order valence-electron chi connectivity index (χ0n) is 13.0. The topological polar surface area (TPSA) is 71.5 Å². The molecule has 0 aliphatic rings. The molecule has 1 heterocycles. The van der Waals surface area contributed by atoms with Gasteiger partial charge in [-0.05, 0) is 24.3 Å². The number of alkyl halides is 4. The molecule has 0 aliphatic carbocycles. The summed E-state index contributed by atoms with van der Waals surface area (Å²) in [6.07, 6.45) is 1.19. The van der Waals surface area contributed by atoms with Crippen molar-refractivity contribution in [1.82, 2.24) is 9.97 Å². The maximum Gasteiger partial charge on any atom is 0.387 e. The molecule has 2 N–H and O–H groups in total. The molecule has 26 heavy (non-hydrogen) atoms. The predicted octanol–water partition coefficient (Wildman–Crippen LogP) is 4.21. The fourth-order valence-electron chi connectivity index (χ4n) is 2.16. The van der Waals surface area contributed by atoms with E-state index in [1.54, 1.807) is 6.07 Å². The zero-order valence-corrected chi connectivity index (χ0v) is 13.0. The van der Waals surface area contributed by atoms with Crippen molar-refractivity contribution in [1.29, 1.82) is 0 Å². The number of halogens is 4. The van der Waals surface area contributed by atoms with Crippen LogP contribution in [0.3, 0.4) is 0 Å². The van der Waals surface area contributed by atoms with Gasteiger partial charge in [-0.2, -0.15) is 22.7 Å². The highest BCUT2D eigenvalue weighted by Crippen LogP contribution is 2.26. The minimum Gasteiger partial charge on any atom is -0.435 e. The second-order valence-electron chi connectivity index (χ2n) is 4.93. The molecule has 136 valence electrons. The van der Waals surface area contributed by atoms with Gasteiger partial charge in [-0.3, -0.25) is 0 Å². The third-order valence-electron chi connectivity index (χ3n) is 3.19. The number of aromatic nitrogens is 2. The minimum absolute atomic E-state index is 0.135. The predicted molar refractivity (Wildman–Crippen MR) is 87.0 cm³/mol. The summed E-state index contributed by atoms with van der Waals surface area (Å²) >= 11 is 0. The van der Waals surface area contributed by atoms with E-state index in [4.69, 9.17) is 0 Å². The van der Waals surface area contributed by atoms with E-state index in [0.29, 0.717) is 5.95 Å². The first kappa shape index (κ1) is 17.5. The van der Waals surface area contributed by atoms with Crippen molar-refractivity contribution in [2.45, 2.75) is 13.2 Å². The van der Waals surface area contributed by atoms with Crippen molar-refractivity contribution in [2.24, 2.45) is 5.10 Å². The number of aromatic amines is 1. The molecule has 6 nitrogen and oxygen atoms in total. The molecule has 0 spiro atoms. The smallest absolute Gasteiger partial charge is 0.387 e. The van der Waals surface area contributed by atoms with Crippen molar-refractivity contribution >= 4 is 23.2 Å². The highest BCUT2D eigenvalue weighted by Gasteiger charge is 2.12. The average molecular weight is 368 g/mol. The Labute approximate surface area is 144 Å². The van der Waals surface area contributed by atoms with Crippen LogP contribution in [-0.4, -0.2) is 29.4 Å². The molecule has 2 aromatic carbocycles. The largest absolute Gasteiger partial charge is 0.435 e. The van der Waals surface area contributed by atoms with Crippen LogP contribution in [0, 0.1) is 0 Å². The molecular weight excluding hydrogens is 356 g/mol. The van der Waals surface area contributed by atoms with E-state index in [1.807, 2.05) is 18.2 Å². The van der Waals surface area contributed by atoms with Crippen molar-refractivity contribution in [3.8, 4) is 11.5 Å². The fraction of sp³-hybridized carbons (Fsp3) is 0.125. The Hall–Kier alpha value is -3.30. The zero-order chi connectivity index (χ0) is 18.5. The summed E-state index contributed by atoms with van der Waals surface area (Å²) in [7, 11) is 0. The van der Waals surface area contributed by atoms with E-state index >= 15 is 0 Å². The molecule has 1 aromatic heterocycles. The second-order valence-corrected chi connectivity index (χ2v) is 4.93. The number of hydrogen-bond donors (Lipinski definition) is 2. The van der Waals surface area contributed by atoms with Gasteiger partial charge in [-0.25, -0.2) is 10.4 Å². The normalized spacial score (nSPS) is 11.6. The molecule has 0 unspecified atom stereocenters. The number of para-hydroxylation sites is 2. The number of hydrazone groups is 1. The molecular formula is C16H12F4N4O2. The van der Waals surface area contributed by atoms with E-state index in [2.05, 4.69) is 30.0 Å². The van der Waals surface area contributed by atoms with Crippen molar-refractivity contribution in [3.63, 3.8) is 0 Å². The lowest BCUT2D eigenvalue weighted by molar-refractivity contribution is -0.0543. The maximum atomic E-state index is 12.5. The van der Waals surface area contributed by atoms with Gasteiger partial charge in [0, 0.05) is 11.6 Å². The summed E-state index contributed by atoms with van der Waals surface area (Å²) in [4.78, 5) is 7.20. The van der Waals surface area contributed by atoms with Gasteiger partial charge < -0.3 is 14.5 Å². The van der Waals surface area contributed by atoms with E-state index in [0.717, 1.165) is 17.1 Å². The van der Waals surface area contributed by atoms with Gasteiger partial charge in [0.1, 0.15) is 11.5 Å². The molecule has 0 bridgehead atoms. The Balaban J connectivity index is 1.77. The molecule has 10 heteroatoms. The lowest BCUT2D eigenvalue weighted by Gasteiger charge is -2.10. The van der Waals surface area contributed by atoms with E-state index in [1.165, 1.54) is 18.3 Å². The van der Waals surface area contributed by atoms with Gasteiger partial charge in [-0.1, -0.05) is 12.1 Å². The number of hydrogen-bond acceptors (Lipinski definition) is 5. The lowest BCUT2D eigenvalue weighted by Crippen LogP contribution is -2.07. The summed E-state index contributed by atoms with van der Waals surface area (Å²) in [5.74, 6) is -0.317. The summed E-state index contributed by atoms with van der Waals surface area (Å²) < 4.78 is 58.0. The number of rotatable bonds is 7. The van der Waals surface area contributed by atoms with Gasteiger partial charge in [0.15, 0.2) is 0 Å². The molecule has 3 aromatic rings. The van der Waals surface area contributed by atoms with Crippen LogP contribution in [0.2, 0.25) is 0 Å². The Kier molecular flexibility index (Phi) is 5.20. The number of anilines is 1. The monoisotopic (exact) mass is 368 g/mol. The van der Waals surface area contributed by atoms with Crippen LogP contribution >= 0.6 is 0 Å². The summed E-state index contributed by atoms with van der Waals surface area (Å²) in [5, 5.41) is 3.88. The number of H-pyrrole nitrogens is 1. The van der Waals surface area contributed by atoms with Gasteiger partial charge in [0.2, 0.25) is 5.95 Å². The average Bonchev–Trinajstić information content (AvgIpc) is 2.98. The molecule has 0 saturated heterocycles. The van der Waals surface area contributed by atoms with E-state index in [-0.39, 0.29) is 17.1 Å². The molecule has 0 radical (unpaired) electrons. The highest BCUT2D eigenvalue weighted by atomic mass is 19.3. The summed E-state index contributed by atoms with van der Waals surface area (Å²) in [5.41, 5.74) is 4.27. The minimum atomic E-state index is -3.13. The quantitative estimate of drug-likeness (QED) is 0.372. The molecule has 0 fully saturated rings. The second kappa shape index (κ2) is 7.72. The number of imidazole rings is 1. The van der Waals surface area contributed by atoms with Gasteiger partial charge in [-0.15, -0.1) is 0 Å². The van der Waals surface area contributed by atoms with Crippen LogP contribution in [-0.2, 0) is 0 Å². The van der Waals surface area contributed by atoms with Gasteiger partial charge in [0.25, 0.3) is 0 Å². The maximum absolute atomic E-state index is 12.5. The molecule has 0 amide bonds. The highest BCUT2D eigenvalue weighted by molar-refractivity contribution is 5.84. The first-order valence-electron chi connectivity index (χ1n) is 7.29. The van der Waals surface area contributed by atoms with Gasteiger partial charge in [0.05, 0.1) is 17.2 Å². The van der Waals surface area contributed by atoms with Crippen LogP contribution in [0.4, 0.5) is 23.5 Å². The first-order chi connectivity index (χ1) is 12.5. The van der Waals surface area contributed by atoms with Crippen LogP contribution in [0.25, 0.3) is 11.0 Å². The number of nitrogens with zero attached hydrogens (tertiary/aromatic N) is 2. The van der Waals surface area contributed by atoms with Crippen LogP contribution in [0.5, 0.6) is 11.5 Å². The Morgan fingerprint density at radius 3 is 2.54 bits per heavy atom. The number of nitrogens with one attached hydrogen (secondary N) is 2. The van der Waals surface area contributed by atoms with Crippen molar-refractivity contribution < 1.29 is 27.0 Å². The van der Waals surface area contributed by atoms with Crippen molar-refractivity contribution in [3.05, 3.63) is 48.0 Å². The number of benzene rings is 2. The molecule has 0 aliphatic heterocycles. The first-order valence-corrected chi connectivity index (χ1v) is 7.29. The third kappa shape index (κ3) is 4.41. The Morgan fingerprint density at radius 1 is 1.04 bits per heavy atom. The van der Waals surface area contributed by atoms with E-state index in [9.17, 15) is 17.6 Å². The van der Waals surface area contributed by atoms with Crippen LogP contribution < -0.4 is 14.9 Å². The number of fused-ring (bicyclic) bond motifs is 1. The standard InChI is InChI=1S/C16H12F4N4O2/c17-14(18)25-10-6-5-9(13(7-10)26-15(19)20)8-21-24-16-22-11-3-1-2-4-12(11)23-16/h1-8,14-15H,(H2,22,23,24)/b21-8+. The van der Waals surface area contributed by atoms with Gasteiger partial charge >= 0.3 is 13.2 Å². The SMILES string of the molecule is FC(F)Oc1ccc(/C=N/Nc2nc3ccccc3[nH]2)c(OC(F)F)c1. The Bertz CT molecular complexity index is 881. The summed E-state index contributed by atoms with van der Waals surface area (Å²) in [6.45, 7) is -6.21. The molecule has 0 atom stereocenters. The molecule has 0 saturated carbocycles. The fourth-order valence-corrected chi connectivity index (χ4v) is 2.16. The van der Waals surface area contributed by atoms with Crippen LogP contribution in [0.15, 0.2) is 47.6 Å².